The molecule has 0 aliphatic carbocycles. The number of nitrogens with two attached hydrogens (primary N) is 1. The number of amidine groups is 1. The molecule has 6 heteroatoms. The number of carbonyl (C=O) groups is 1. The molecule has 0 aromatic heterocycles. The van der Waals surface area contributed by atoms with Crippen molar-refractivity contribution in [2.45, 2.75) is 39.2 Å². The van der Waals surface area contributed by atoms with E-state index in [1.54, 1.807) is 0 Å². The quantitative estimate of drug-likeness (QED) is 0.287. The first-order chi connectivity index (χ1) is 8.50. The monoisotopic (exact) mass is 256 g/mol. The number of nitrogens with one attached hydrogen (secondary N) is 1. The van der Waals surface area contributed by atoms with Crippen molar-refractivity contribution >= 4 is 11.7 Å². The molecule has 1 saturated heterocycles. The zero-order valence-electron chi connectivity index (χ0n) is 11.4. The summed E-state index contributed by atoms with van der Waals surface area (Å²) in [5.74, 6) is -0.139. The second-order valence-corrected chi connectivity index (χ2v) is 5.00. The molecular weight excluding hydrogens is 232 g/mol. The molecule has 1 amide bonds. The fraction of sp³-hybridized carbons (Fsp3) is 0.833. The maximum Gasteiger partial charge on any atom is 0.234 e. The zero-order chi connectivity index (χ0) is 13.8. The molecule has 0 spiro atoms. The lowest BCUT2D eigenvalue weighted by molar-refractivity contribution is -0.128. The molecule has 1 aliphatic rings. The van der Waals surface area contributed by atoms with E-state index >= 15 is 0 Å². The number of likely N-dealkylation sites (N-methyl/N-ethyl adjacent to an activating group) is 1. The van der Waals surface area contributed by atoms with E-state index in [9.17, 15) is 4.79 Å². The van der Waals surface area contributed by atoms with Gasteiger partial charge < -0.3 is 21.2 Å². The van der Waals surface area contributed by atoms with Crippen molar-refractivity contribution in [2.75, 3.05) is 20.1 Å². The van der Waals surface area contributed by atoms with Crippen LogP contribution >= 0.6 is 0 Å². The summed E-state index contributed by atoms with van der Waals surface area (Å²) in [5, 5.41) is 14.9. The molecular formula is C12H24N4O2. The van der Waals surface area contributed by atoms with E-state index in [0.29, 0.717) is 12.8 Å². The van der Waals surface area contributed by atoms with Crippen LogP contribution in [0.2, 0.25) is 0 Å². The van der Waals surface area contributed by atoms with E-state index in [4.69, 9.17) is 10.9 Å². The van der Waals surface area contributed by atoms with Gasteiger partial charge in [-0.15, -0.1) is 0 Å². The first-order valence-electron chi connectivity index (χ1n) is 6.47. The minimum Gasteiger partial charge on any atom is -0.409 e. The highest BCUT2D eigenvalue weighted by Crippen LogP contribution is 2.27. The number of amides is 1. The Morgan fingerprint density at radius 3 is 2.56 bits per heavy atom. The van der Waals surface area contributed by atoms with E-state index < -0.39 is 5.41 Å². The van der Waals surface area contributed by atoms with Gasteiger partial charge in [-0.1, -0.05) is 19.0 Å². The van der Waals surface area contributed by atoms with Crippen LogP contribution < -0.4 is 11.1 Å². The van der Waals surface area contributed by atoms with Gasteiger partial charge in [-0.2, -0.15) is 0 Å². The largest absolute Gasteiger partial charge is 0.409 e. The first-order valence-corrected chi connectivity index (χ1v) is 6.47. The van der Waals surface area contributed by atoms with E-state index in [1.165, 1.54) is 0 Å². The summed E-state index contributed by atoms with van der Waals surface area (Å²) < 4.78 is 0. The summed E-state index contributed by atoms with van der Waals surface area (Å²) in [6, 6.07) is 0.159. The van der Waals surface area contributed by atoms with Crippen molar-refractivity contribution < 1.29 is 10.0 Å². The number of hydrogen-bond acceptors (Lipinski definition) is 4. The van der Waals surface area contributed by atoms with Crippen molar-refractivity contribution in [3.05, 3.63) is 0 Å². The Labute approximate surface area is 108 Å². The lowest BCUT2D eigenvalue weighted by Gasteiger charge is -2.30. The van der Waals surface area contributed by atoms with Gasteiger partial charge in [0.2, 0.25) is 5.91 Å². The summed E-state index contributed by atoms with van der Waals surface area (Å²) >= 11 is 0. The lowest BCUT2D eigenvalue weighted by atomic mass is 9.80. The van der Waals surface area contributed by atoms with Crippen LogP contribution in [0.1, 0.15) is 33.1 Å². The molecule has 1 fully saturated rings. The molecule has 6 nitrogen and oxygen atoms in total. The van der Waals surface area contributed by atoms with Crippen molar-refractivity contribution in [3.8, 4) is 0 Å². The zero-order valence-corrected chi connectivity index (χ0v) is 11.4. The van der Waals surface area contributed by atoms with Gasteiger partial charge in [0.15, 0.2) is 5.84 Å². The second-order valence-electron chi connectivity index (χ2n) is 5.00. The molecule has 1 aliphatic heterocycles. The second kappa shape index (κ2) is 6.04. The van der Waals surface area contributed by atoms with E-state index in [-0.39, 0.29) is 17.8 Å². The molecule has 1 heterocycles. The Morgan fingerprint density at radius 1 is 1.56 bits per heavy atom. The van der Waals surface area contributed by atoms with Crippen LogP contribution in [-0.4, -0.2) is 48.0 Å². The lowest BCUT2D eigenvalue weighted by Crippen LogP contribution is -2.52. The predicted molar refractivity (Wildman–Crippen MR) is 70.5 cm³/mol. The van der Waals surface area contributed by atoms with Gasteiger partial charge in [0.1, 0.15) is 5.41 Å². The number of carbonyl (C=O) groups excluding carboxylic acids is 1. The standard InChI is InChI=1S/C12H24N4O2/c1-4-12(5-2,10(13)15-18)11(17)14-9-6-7-16(3)8-9/h9,18H,4-8H2,1-3H3,(H2,13,15)(H,14,17). The minimum absolute atomic E-state index is 0.00338. The smallest absolute Gasteiger partial charge is 0.234 e. The van der Waals surface area contributed by atoms with Crippen LogP contribution in [-0.2, 0) is 4.79 Å². The molecule has 0 aromatic rings. The molecule has 104 valence electrons. The Kier molecular flexibility index (Phi) is 4.95. The Morgan fingerprint density at radius 2 is 2.17 bits per heavy atom. The first kappa shape index (κ1) is 14.8. The summed E-state index contributed by atoms with van der Waals surface area (Å²) in [6.07, 6.45) is 1.99. The maximum absolute atomic E-state index is 12.4. The topological polar surface area (TPSA) is 91.0 Å². The predicted octanol–water partition coefficient (Wildman–Crippen LogP) is 0.360. The molecule has 0 radical (unpaired) electrons. The fourth-order valence-electron chi connectivity index (χ4n) is 2.52. The van der Waals surface area contributed by atoms with Gasteiger partial charge >= 0.3 is 0 Å². The molecule has 1 unspecified atom stereocenters. The van der Waals surface area contributed by atoms with Gasteiger partial charge in [-0.05, 0) is 32.9 Å². The van der Waals surface area contributed by atoms with Crippen molar-refractivity contribution in [1.29, 1.82) is 0 Å². The number of hydrogen-bond donors (Lipinski definition) is 3. The summed E-state index contributed by atoms with van der Waals surface area (Å²) in [7, 11) is 2.03. The van der Waals surface area contributed by atoms with Crippen LogP contribution in [0, 0.1) is 5.41 Å². The summed E-state index contributed by atoms with van der Waals surface area (Å²) in [4.78, 5) is 14.6. The van der Waals surface area contributed by atoms with E-state index in [1.807, 2.05) is 20.9 Å². The summed E-state index contributed by atoms with van der Waals surface area (Å²) in [6.45, 7) is 5.59. The SMILES string of the molecule is CCC(CC)(C(=O)NC1CCN(C)C1)C(N)=NO. The minimum atomic E-state index is -0.893. The van der Waals surface area contributed by atoms with Gasteiger partial charge in [-0.3, -0.25) is 4.79 Å². The van der Waals surface area contributed by atoms with Crippen LogP contribution in [0.15, 0.2) is 5.16 Å². The highest BCUT2D eigenvalue weighted by molar-refractivity contribution is 6.06. The van der Waals surface area contributed by atoms with Gasteiger partial charge in [-0.25, -0.2) is 0 Å². The molecule has 4 N–H and O–H groups in total. The molecule has 0 aromatic carbocycles. The van der Waals surface area contributed by atoms with Gasteiger partial charge in [0, 0.05) is 12.6 Å². The molecule has 18 heavy (non-hydrogen) atoms. The number of rotatable bonds is 5. The normalized spacial score (nSPS) is 22.2. The van der Waals surface area contributed by atoms with Crippen LogP contribution in [0.4, 0.5) is 0 Å². The van der Waals surface area contributed by atoms with Gasteiger partial charge in [0.05, 0.1) is 0 Å². The number of likely N-dealkylation sites (tertiary alicyclic amines) is 1. The highest BCUT2D eigenvalue weighted by Gasteiger charge is 2.41. The third-order valence-electron chi connectivity index (χ3n) is 3.97. The Hall–Kier alpha value is -1.30. The number of nitrogens with zero attached hydrogens (tertiary/aromatic N) is 2. The van der Waals surface area contributed by atoms with Crippen LogP contribution in [0.3, 0.4) is 0 Å². The fourth-order valence-corrected chi connectivity index (χ4v) is 2.52. The van der Waals surface area contributed by atoms with Gasteiger partial charge in [0.25, 0.3) is 0 Å². The van der Waals surface area contributed by atoms with E-state index in [2.05, 4.69) is 15.4 Å². The number of oxime groups is 1. The summed E-state index contributed by atoms with van der Waals surface area (Å²) in [5.41, 5.74) is 4.81. The van der Waals surface area contributed by atoms with Crippen LogP contribution in [0.5, 0.6) is 0 Å². The van der Waals surface area contributed by atoms with Crippen LogP contribution in [0.25, 0.3) is 0 Å². The highest BCUT2D eigenvalue weighted by atomic mass is 16.4. The van der Waals surface area contributed by atoms with Crippen molar-refractivity contribution in [1.82, 2.24) is 10.2 Å². The Bertz CT molecular complexity index is 326. The Balaban J connectivity index is 2.77. The molecule has 0 saturated carbocycles. The van der Waals surface area contributed by atoms with Crippen molar-refractivity contribution in [2.24, 2.45) is 16.3 Å². The van der Waals surface area contributed by atoms with Crippen molar-refractivity contribution in [3.63, 3.8) is 0 Å². The van der Waals surface area contributed by atoms with E-state index in [0.717, 1.165) is 19.5 Å². The maximum atomic E-state index is 12.4. The third kappa shape index (κ3) is 2.75. The molecule has 1 atom stereocenters. The molecule has 0 bridgehead atoms. The molecule has 1 rings (SSSR count). The third-order valence-corrected chi connectivity index (χ3v) is 3.97. The average Bonchev–Trinajstić information content (AvgIpc) is 2.76. The average molecular weight is 256 g/mol.